The predicted octanol–water partition coefficient (Wildman–Crippen LogP) is 2.81. The van der Waals surface area contributed by atoms with Crippen molar-refractivity contribution in [3.8, 4) is 16.3 Å². The monoisotopic (exact) mass is 332 g/mol. The van der Waals surface area contributed by atoms with Gasteiger partial charge in [-0.3, -0.25) is 4.79 Å². The molecule has 0 aliphatic carbocycles. The molecule has 1 aliphatic heterocycles. The van der Waals surface area contributed by atoms with Gasteiger partial charge in [0.25, 0.3) is 5.91 Å². The Morgan fingerprint density at radius 1 is 1.43 bits per heavy atom. The quantitative estimate of drug-likeness (QED) is 0.935. The van der Waals surface area contributed by atoms with Crippen LogP contribution in [-0.2, 0) is 0 Å². The zero-order chi connectivity index (χ0) is 16.2. The molecule has 0 unspecified atom stereocenters. The molecule has 2 heterocycles. The molecule has 1 saturated heterocycles. The van der Waals surface area contributed by atoms with Gasteiger partial charge in [-0.25, -0.2) is 4.98 Å². The standard InChI is InChI=1S/C17H20N2O3S/c1-2-22-14-7-5-12(6-8-14)16-18-15(11-23-16)17(21)19-9-3-4-13(20)10-19/h5-8,11,13,20H,2-4,9-10H2,1H3/t13-/m1/s1. The molecule has 6 heteroatoms. The van der Waals surface area contributed by atoms with Crippen LogP contribution < -0.4 is 4.74 Å². The summed E-state index contributed by atoms with van der Waals surface area (Å²) in [6, 6.07) is 7.71. The summed E-state index contributed by atoms with van der Waals surface area (Å²) in [5.74, 6) is 0.726. The van der Waals surface area contributed by atoms with Crippen LogP contribution in [0.5, 0.6) is 5.75 Å². The van der Waals surface area contributed by atoms with Crippen molar-refractivity contribution in [3.63, 3.8) is 0 Å². The minimum atomic E-state index is -0.420. The van der Waals surface area contributed by atoms with Crippen LogP contribution >= 0.6 is 11.3 Å². The van der Waals surface area contributed by atoms with E-state index in [4.69, 9.17) is 4.74 Å². The number of β-amino-alcohol motifs (C(OH)–C–C–N with tert-alkyl or cyclic N) is 1. The van der Waals surface area contributed by atoms with E-state index in [0.717, 1.165) is 29.2 Å². The van der Waals surface area contributed by atoms with Crippen LogP contribution in [0.25, 0.3) is 10.6 Å². The second kappa shape index (κ2) is 7.10. The number of carbonyl (C=O) groups is 1. The van der Waals surface area contributed by atoms with Gasteiger partial charge in [0, 0.05) is 24.0 Å². The molecule has 5 nitrogen and oxygen atoms in total. The lowest BCUT2D eigenvalue weighted by atomic mass is 10.1. The van der Waals surface area contributed by atoms with Crippen LogP contribution in [0.4, 0.5) is 0 Å². The van der Waals surface area contributed by atoms with E-state index < -0.39 is 6.10 Å². The number of aromatic nitrogens is 1. The molecule has 2 aromatic rings. The van der Waals surface area contributed by atoms with Gasteiger partial charge in [-0.2, -0.15) is 0 Å². The lowest BCUT2D eigenvalue weighted by molar-refractivity contribution is 0.0469. The number of hydrogen-bond donors (Lipinski definition) is 1. The Balaban J connectivity index is 1.73. The average molecular weight is 332 g/mol. The van der Waals surface area contributed by atoms with Crippen molar-refractivity contribution in [2.24, 2.45) is 0 Å². The molecule has 1 aromatic carbocycles. The first-order valence-corrected chi connectivity index (χ1v) is 8.71. The van der Waals surface area contributed by atoms with Gasteiger partial charge in [-0.1, -0.05) is 0 Å². The van der Waals surface area contributed by atoms with Crippen LogP contribution in [0.1, 0.15) is 30.3 Å². The summed E-state index contributed by atoms with van der Waals surface area (Å²) >= 11 is 1.45. The Bertz CT molecular complexity index is 669. The molecule has 23 heavy (non-hydrogen) atoms. The molecule has 1 fully saturated rings. The lowest BCUT2D eigenvalue weighted by Crippen LogP contribution is -2.42. The van der Waals surface area contributed by atoms with E-state index in [9.17, 15) is 9.90 Å². The fourth-order valence-electron chi connectivity index (χ4n) is 2.67. The molecule has 1 amide bonds. The number of aliphatic hydroxyl groups is 1. The molecule has 1 aromatic heterocycles. The Kier molecular flexibility index (Phi) is 4.93. The van der Waals surface area contributed by atoms with Gasteiger partial charge in [0.05, 0.1) is 12.7 Å². The number of rotatable bonds is 4. The smallest absolute Gasteiger partial charge is 0.273 e. The van der Waals surface area contributed by atoms with E-state index in [1.54, 1.807) is 10.3 Å². The summed E-state index contributed by atoms with van der Waals surface area (Å²) in [5.41, 5.74) is 1.42. The highest BCUT2D eigenvalue weighted by molar-refractivity contribution is 7.13. The van der Waals surface area contributed by atoms with Crippen molar-refractivity contribution in [1.29, 1.82) is 0 Å². The summed E-state index contributed by atoms with van der Waals surface area (Å²) in [6.45, 7) is 3.67. The average Bonchev–Trinajstić information content (AvgIpc) is 3.05. The summed E-state index contributed by atoms with van der Waals surface area (Å²) in [7, 11) is 0. The van der Waals surface area contributed by atoms with E-state index in [1.807, 2.05) is 31.2 Å². The maximum absolute atomic E-state index is 12.5. The molecular weight excluding hydrogens is 312 g/mol. The molecule has 122 valence electrons. The third-order valence-corrected chi connectivity index (χ3v) is 4.71. The molecule has 1 atom stereocenters. The SMILES string of the molecule is CCOc1ccc(-c2nc(C(=O)N3CCC[C@@H](O)C3)cs2)cc1. The number of benzene rings is 1. The molecule has 1 aliphatic rings. The Morgan fingerprint density at radius 2 is 2.22 bits per heavy atom. The number of piperidine rings is 1. The summed E-state index contributed by atoms with van der Waals surface area (Å²) in [4.78, 5) is 18.6. The number of hydrogen-bond acceptors (Lipinski definition) is 5. The molecule has 0 saturated carbocycles. The fourth-order valence-corrected chi connectivity index (χ4v) is 3.47. The first-order valence-electron chi connectivity index (χ1n) is 7.83. The molecular formula is C17H20N2O3S. The first kappa shape index (κ1) is 16.0. The maximum Gasteiger partial charge on any atom is 0.273 e. The zero-order valence-electron chi connectivity index (χ0n) is 13.1. The van der Waals surface area contributed by atoms with Crippen molar-refractivity contribution in [3.05, 3.63) is 35.3 Å². The highest BCUT2D eigenvalue weighted by atomic mass is 32.1. The number of nitrogens with zero attached hydrogens (tertiary/aromatic N) is 2. The van der Waals surface area contributed by atoms with Crippen molar-refractivity contribution in [2.75, 3.05) is 19.7 Å². The number of likely N-dealkylation sites (tertiary alicyclic amines) is 1. The third-order valence-electron chi connectivity index (χ3n) is 3.82. The van der Waals surface area contributed by atoms with E-state index in [1.165, 1.54) is 11.3 Å². The highest BCUT2D eigenvalue weighted by Gasteiger charge is 2.24. The van der Waals surface area contributed by atoms with Crippen molar-refractivity contribution in [1.82, 2.24) is 9.88 Å². The highest BCUT2D eigenvalue weighted by Crippen LogP contribution is 2.26. The van der Waals surface area contributed by atoms with Crippen LogP contribution in [0, 0.1) is 0 Å². The predicted molar refractivity (Wildman–Crippen MR) is 89.9 cm³/mol. The number of amides is 1. The van der Waals surface area contributed by atoms with E-state index in [0.29, 0.717) is 25.4 Å². The Morgan fingerprint density at radius 3 is 2.91 bits per heavy atom. The normalized spacial score (nSPS) is 18.0. The van der Waals surface area contributed by atoms with E-state index in [2.05, 4.69) is 4.98 Å². The Hall–Kier alpha value is -1.92. The summed E-state index contributed by atoms with van der Waals surface area (Å²) in [6.07, 6.45) is 1.18. The largest absolute Gasteiger partial charge is 0.494 e. The van der Waals surface area contributed by atoms with Gasteiger partial charge in [-0.15, -0.1) is 11.3 Å². The summed E-state index contributed by atoms with van der Waals surface area (Å²) in [5, 5.41) is 12.3. The summed E-state index contributed by atoms with van der Waals surface area (Å²) < 4.78 is 5.43. The van der Waals surface area contributed by atoms with Gasteiger partial charge in [0.1, 0.15) is 16.5 Å². The van der Waals surface area contributed by atoms with Crippen molar-refractivity contribution in [2.45, 2.75) is 25.9 Å². The zero-order valence-corrected chi connectivity index (χ0v) is 13.9. The van der Waals surface area contributed by atoms with Gasteiger partial charge in [0.15, 0.2) is 0 Å². The first-order chi connectivity index (χ1) is 11.2. The van der Waals surface area contributed by atoms with E-state index >= 15 is 0 Å². The van der Waals surface area contributed by atoms with Crippen molar-refractivity contribution >= 4 is 17.2 Å². The minimum absolute atomic E-state index is 0.0998. The Labute approximate surface area is 139 Å². The maximum atomic E-state index is 12.5. The van der Waals surface area contributed by atoms with E-state index in [-0.39, 0.29) is 5.91 Å². The number of aliphatic hydroxyl groups excluding tert-OH is 1. The molecule has 0 spiro atoms. The number of thiazole rings is 1. The molecule has 3 rings (SSSR count). The van der Waals surface area contributed by atoms with Crippen LogP contribution in [-0.4, -0.2) is 46.7 Å². The second-order valence-corrected chi connectivity index (χ2v) is 6.40. The fraction of sp³-hybridized carbons (Fsp3) is 0.412. The van der Waals surface area contributed by atoms with Gasteiger partial charge in [-0.05, 0) is 44.0 Å². The van der Waals surface area contributed by atoms with Crippen LogP contribution in [0.3, 0.4) is 0 Å². The topological polar surface area (TPSA) is 62.7 Å². The lowest BCUT2D eigenvalue weighted by Gasteiger charge is -2.29. The van der Waals surface area contributed by atoms with Gasteiger partial charge < -0.3 is 14.7 Å². The van der Waals surface area contributed by atoms with Crippen LogP contribution in [0.2, 0.25) is 0 Å². The molecule has 0 bridgehead atoms. The minimum Gasteiger partial charge on any atom is -0.494 e. The number of carbonyl (C=O) groups excluding carboxylic acids is 1. The second-order valence-electron chi connectivity index (χ2n) is 5.54. The van der Waals surface area contributed by atoms with Crippen molar-refractivity contribution < 1.29 is 14.6 Å². The third kappa shape index (κ3) is 3.71. The van der Waals surface area contributed by atoms with Gasteiger partial charge >= 0.3 is 0 Å². The molecule has 1 N–H and O–H groups in total. The van der Waals surface area contributed by atoms with Gasteiger partial charge in [0.2, 0.25) is 0 Å². The van der Waals surface area contributed by atoms with Crippen LogP contribution in [0.15, 0.2) is 29.6 Å². The number of ether oxygens (including phenoxy) is 1. The molecule has 0 radical (unpaired) electrons.